The van der Waals surface area contributed by atoms with Gasteiger partial charge < -0.3 is 14.7 Å². The van der Waals surface area contributed by atoms with Crippen LogP contribution in [0.5, 0.6) is 0 Å². The molecule has 3 unspecified atom stereocenters. The first-order chi connectivity index (χ1) is 9.66. The summed E-state index contributed by atoms with van der Waals surface area (Å²) in [7, 11) is 0. The third-order valence-corrected chi connectivity index (χ3v) is 4.37. The highest BCUT2D eigenvalue weighted by Crippen LogP contribution is 2.45. The Morgan fingerprint density at radius 3 is 2.75 bits per heavy atom. The molecule has 0 spiro atoms. The normalized spacial score (nSPS) is 27.6. The number of fused-ring (bicyclic) bond motifs is 1. The second kappa shape index (κ2) is 5.15. The van der Waals surface area contributed by atoms with Crippen LogP contribution in [0.3, 0.4) is 0 Å². The molecule has 1 heterocycles. The molecule has 0 radical (unpaired) electrons. The summed E-state index contributed by atoms with van der Waals surface area (Å²) < 4.78 is 5.30. The Hall–Kier alpha value is -2.04. The largest absolute Gasteiger partial charge is 0.481 e. The summed E-state index contributed by atoms with van der Waals surface area (Å²) >= 11 is 0. The molecule has 1 aliphatic heterocycles. The van der Waals surface area contributed by atoms with Crippen LogP contribution in [0.1, 0.15) is 18.4 Å². The molecule has 1 amide bonds. The predicted molar refractivity (Wildman–Crippen MR) is 71.0 cm³/mol. The van der Waals surface area contributed by atoms with Crippen LogP contribution in [-0.4, -0.2) is 34.7 Å². The number of amides is 1. The number of carboxylic acid groups (broad SMARTS) is 1. The van der Waals surface area contributed by atoms with Crippen molar-refractivity contribution in [2.75, 3.05) is 6.54 Å². The molecular formula is C15H17NO4. The van der Waals surface area contributed by atoms with Gasteiger partial charge in [0.25, 0.3) is 0 Å². The van der Waals surface area contributed by atoms with Crippen molar-refractivity contribution >= 4 is 12.1 Å². The molecule has 3 atom stereocenters. The monoisotopic (exact) mass is 275 g/mol. The van der Waals surface area contributed by atoms with E-state index in [9.17, 15) is 9.59 Å². The number of benzene rings is 1. The molecule has 0 aromatic heterocycles. The van der Waals surface area contributed by atoms with Gasteiger partial charge in [0.05, 0.1) is 5.92 Å². The van der Waals surface area contributed by atoms with E-state index in [0.29, 0.717) is 13.0 Å². The molecule has 106 valence electrons. The smallest absolute Gasteiger partial charge is 0.410 e. The lowest BCUT2D eigenvalue weighted by atomic mass is 9.70. The van der Waals surface area contributed by atoms with Gasteiger partial charge in [-0.1, -0.05) is 30.3 Å². The maximum atomic E-state index is 12.0. The number of carbonyl (C=O) groups is 2. The van der Waals surface area contributed by atoms with Gasteiger partial charge in [0.2, 0.25) is 0 Å². The summed E-state index contributed by atoms with van der Waals surface area (Å²) in [5.41, 5.74) is 0.952. The van der Waals surface area contributed by atoms with Crippen LogP contribution < -0.4 is 0 Å². The van der Waals surface area contributed by atoms with E-state index in [4.69, 9.17) is 9.84 Å². The minimum atomic E-state index is -0.745. The molecule has 5 nitrogen and oxygen atoms in total. The van der Waals surface area contributed by atoms with Crippen molar-refractivity contribution in [3.63, 3.8) is 0 Å². The van der Waals surface area contributed by atoms with E-state index in [2.05, 4.69) is 0 Å². The van der Waals surface area contributed by atoms with Crippen LogP contribution in [0.25, 0.3) is 0 Å². The summed E-state index contributed by atoms with van der Waals surface area (Å²) in [6.45, 7) is 0.864. The third kappa shape index (κ3) is 2.24. The molecule has 3 rings (SSSR count). The molecule has 1 N–H and O–H groups in total. The van der Waals surface area contributed by atoms with Crippen LogP contribution in [-0.2, 0) is 16.1 Å². The number of nitrogens with zero attached hydrogens (tertiary/aromatic N) is 1. The number of carboxylic acids is 1. The maximum absolute atomic E-state index is 12.0. The Morgan fingerprint density at radius 2 is 2.05 bits per heavy atom. The Balaban J connectivity index is 1.53. The van der Waals surface area contributed by atoms with Crippen molar-refractivity contribution in [3.8, 4) is 0 Å². The zero-order chi connectivity index (χ0) is 14.1. The molecule has 1 aromatic rings. The number of hydrogen-bond donors (Lipinski definition) is 1. The first kappa shape index (κ1) is 13.0. The van der Waals surface area contributed by atoms with E-state index in [1.807, 2.05) is 30.3 Å². The van der Waals surface area contributed by atoms with Crippen LogP contribution >= 0.6 is 0 Å². The summed E-state index contributed by atoms with van der Waals surface area (Å²) in [6, 6.07) is 9.58. The van der Waals surface area contributed by atoms with Crippen molar-refractivity contribution in [1.82, 2.24) is 4.90 Å². The average Bonchev–Trinajstić information content (AvgIpc) is 2.73. The molecular weight excluding hydrogens is 258 g/mol. The quantitative estimate of drug-likeness (QED) is 0.917. The highest BCUT2D eigenvalue weighted by atomic mass is 16.6. The van der Waals surface area contributed by atoms with E-state index >= 15 is 0 Å². The average molecular weight is 275 g/mol. The SMILES string of the molecule is O=C(O)C1CC2C1CCN2C(=O)OCc1ccccc1. The number of likely N-dealkylation sites (tertiary alicyclic amines) is 1. The topological polar surface area (TPSA) is 66.8 Å². The Bertz CT molecular complexity index is 516. The zero-order valence-corrected chi connectivity index (χ0v) is 11.1. The van der Waals surface area contributed by atoms with Gasteiger partial charge in [0.15, 0.2) is 0 Å². The summed E-state index contributed by atoms with van der Waals surface area (Å²) in [5, 5.41) is 9.02. The highest BCUT2D eigenvalue weighted by molar-refractivity contribution is 5.74. The Morgan fingerprint density at radius 1 is 1.30 bits per heavy atom. The first-order valence-corrected chi connectivity index (χ1v) is 6.87. The lowest BCUT2D eigenvalue weighted by Gasteiger charge is -2.40. The third-order valence-electron chi connectivity index (χ3n) is 4.37. The van der Waals surface area contributed by atoms with E-state index in [1.165, 1.54) is 0 Å². The van der Waals surface area contributed by atoms with Gasteiger partial charge in [-0.3, -0.25) is 4.79 Å². The molecule has 20 heavy (non-hydrogen) atoms. The van der Waals surface area contributed by atoms with Gasteiger partial charge in [-0.2, -0.15) is 0 Å². The Kier molecular flexibility index (Phi) is 3.34. The van der Waals surface area contributed by atoms with Gasteiger partial charge in [-0.25, -0.2) is 4.79 Å². The second-order valence-corrected chi connectivity index (χ2v) is 5.43. The van der Waals surface area contributed by atoms with Gasteiger partial charge in [0.1, 0.15) is 6.61 Å². The lowest BCUT2D eigenvalue weighted by Crippen LogP contribution is -2.50. The van der Waals surface area contributed by atoms with Crippen molar-refractivity contribution < 1.29 is 19.4 Å². The molecule has 5 heteroatoms. The first-order valence-electron chi connectivity index (χ1n) is 6.87. The van der Waals surface area contributed by atoms with Crippen LogP contribution in [0.2, 0.25) is 0 Å². The van der Waals surface area contributed by atoms with E-state index in [-0.39, 0.29) is 30.6 Å². The van der Waals surface area contributed by atoms with Crippen molar-refractivity contribution in [2.45, 2.75) is 25.5 Å². The number of ether oxygens (including phenoxy) is 1. The molecule has 1 aliphatic carbocycles. The maximum Gasteiger partial charge on any atom is 0.410 e. The standard InChI is InChI=1S/C15H17NO4/c17-14(18)12-8-13-11(12)6-7-16(13)15(19)20-9-10-4-2-1-3-5-10/h1-5,11-13H,6-9H2,(H,17,18). The molecule has 2 fully saturated rings. The van der Waals surface area contributed by atoms with Gasteiger partial charge in [-0.05, 0) is 24.3 Å². The van der Waals surface area contributed by atoms with E-state index in [0.717, 1.165) is 12.0 Å². The van der Waals surface area contributed by atoms with Gasteiger partial charge in [-0.15, -0.1) is 0 Å². The zero-order valence-electron chi connectivity index (χ0n) is 11.1. The summed E-state index contributed by atoms with van der Waals surface area (Å²) in [4.78, 5) is 24.7. The summed E-state index contributed by atoms with van der Waals surface area (Å²) in [6.07, 6.45) is 0.993. The fraction of sp³-hybridized carbons (Fsp3) is 0.467. The molecule has 1 saturated heterocycles. The van der Waals surface area contributed by atoms with Crippen molar-refractivity contribution in [2.24, 2.45) is 11.8 Å². The van der Waals surface area contributed by atoms with Crippen LogP contribution in [0, 0.1) is 11.8 Å². The van der Waals surface area contributed by atoms with E-state index in [1.54, 1.807) is 4.90 Å². The van der Waals surface area contributed by atoms with Crippen molar-refractivity contribution in [3.05, 3.63) is 35.9 Å². The molecule has 1 saturated carbocycles. The Labute approximate surface area is 117 Å². The number of aliphatic carboxylic acids is 1. The predicted octanol–water partition coefficient (Wildman–Crippen LogP) is 2.12. The minimum Gasteiger partial charge on any atom is -0.481 e. The van der Waals surface area contributed by atoms with Crippen LogP contribution in [0.15, 0.2) is 30.3 Å². The molecule has 0 bridgehead atoms. The van der Waals surface area contributed by atoms with Gasteiger partial charge >= 0.3 is 12.1 Å². The molecule has 1 aromatic carbocycles. The van der Waals surface area contributed by atoms with Gasteiger partial charge in [0, 0.05) is 12.6 Å². The second-order valence-electron chi connectivity index (χ2n) is 5.43. The number of rotatable bonds is 3. The van der Waals surface area contributed by atoms with Crippen LogP contribution in [0.4, 0.5) is 4.79 Å². The minimum absolute atomic E-state index is 0.0550. The highest BCUT2D eigenvalue weighted by Gasteiger charge is 2.53. The fourth-order valence-corrected chi connectivity index (χ4v) is 3.20. The fourth-order valence-electron chi connectivity index (χ4n) is 3.20. The summed E-state index contributed by atoms with van der Waals surface area (Å²) in [5.74, 6) is -0.922. The lowest BCUT2D eigenvalue weighted by molar-refractivity contribution is -0.149. The van der Waals surface area contributed by atoms with E-state index < -0.39 is 5.97 Å². The number of carbonyl (C=O) groups excluding carboxylic acids is 1. The number of hydrogen-bond acceptors (Lipinski definition) is 3. The molecule has 2 aliphatic rings. The van der Waals surface area contributed by atoms with Crippen molar-refractivity contribution in [1.29, 1.82) is 0 Å².